The van der Waals surface area contributed by atoms with Crippen molar-refractivity contribution in [3.05, 3.63) is 76.0 Å². The number of hydrogen-bond donors (Lipinski definition) is 2. The van der Waals surface area contributed by atoms with Gasteiger partial charge in [0.25, 0.3) is 0 Å². The molecule has 0 unspecified atom stereocenters. The maximum absolute atomic E-state index is 10.8. The second-order valence-electron chi connectivity index (χ2n) is 22.1. The maximum Gasteiger partial charge on any atom is 0.373 e. The van der Waals surface area contributed by atoms with Crippen molar-refractivity contribution in [1.82, 2.24) is 0 Å². The zero-order chi connectivity index (χ0) is 50.2. The molecule has 3 aliphatic carbocycles. The molecule has 3 saturated carbocycles. The van der Waals surface area contributed by atoms with Gasteiger partial charge >= 0.3 is 23.7 Å². The number of rotatable bonds is 8. The van der Waals surface area contributed by atoms with E-state index in [0.717, 1.165) is 31.3 Å². The van der Waals surface area contributed by atoms with Crippen molar-refractivity contribution >= 4 is 34.7 Å². The highest BCUT2D eigenvalue weighted by Gasteiger charge is 2.51. The molecule has 14 nitrogen and oxygen atoms in total. The first kappa shape index (κ1) is 55.7. The van der Waals surface area contributed by atoms with Crippen LogP contribution in [0.1, 0.15) is 108 Å². The Bertz CT molecular complexity index is 2080. The van der Waals surface area contributed by atoms with E-state index in [1.165, 1.54) is 43.1 Å². The van der Waals surface area contributed by atoms with Crippen LogP contribution in [0.25, 0.3) is 0 Å². The van der Waals surface area contributed by atoms with E-state index >= 15 is 0 Å². The highest BCUT2D eigenvalue weighted by molar-refractivity contribution is 6.74. The molecule has 8 rings (SSSR count). The Morgan fingerprint density at radius 3 is 1.97 bits per heavy atom. The van der Waals surface area contributed by atoms with E-state index < -0.39 is 34.3 Å². The molecule has 0 bridgehead atoms. The number of aliphatic hydroxyl groups is 2. The Balaban J connectivity index is 0.000000199. The normalized spacial score (nSPS) is 29.8. The van der Waals surface area contributed by atoms with Crippen molar-refractivity contribution in [3.8, 4) is 5.75 Å². The summed E-state index contributed by atoms with van der Waals surface area (Å²) in [6.45, 7) is 31.9. The Morgan fingerprint density at radius 1 is 0.821 bits per heavy atom. The molecule has 6 aliphatic rings. The summed E-state index contributed by atoms with van der Waals surface area (Å²) in [6.07, 6.45) is 8.90. The molecule has 16 heteroatoms. The number of esters is 2. The van der Waals surface area contributed by atoms with Gasteiger partial charge in [0.1, 0.15) is 29.6 Å². The molecule has 1 aromatic carbocycles. The Hall–Kier alpha value is -3.90. The van der Waals surface area contributed by atoms with Crippen molar-refractivity contribution < 1.29 is 61.6 Å². The lowest BCUT2D eigenvalue weighted by atomic mass is 9.85. The largest absolute Gasteiger partial charge is 0.498 e. The molecule has 2 N–H and O–H groups in total. The molecular weight excluding hydrogens is 893 g/mol. The van der Waals surface area contributed by atoms with E-state index in [4.69, 9.17) is 37.8 Å². The van der Waals surface area contributed by atoms with Crippen molar-refractivity contribution in [2.75, 3.05) is 26.9 Å². The fraction of sp³-hybridized carbons (Fsp3) is 0.686. The molecule has 0 spiro atoms. The second-order valence-corrected chi connectivity index (χ2v) is 31.7. The molecule has 1 aromatic heterocycles. The number of fused-ring (bicyclic) bond motifs is 5. The third kappa shape index (κ3) is 13.5. The Morgan fingerprint density at radius 2 is 1.40 bits per heavy atom. The Labute approximate surface area is 399 Å². The van der Waals surface area contributed by atoms with Crippen LogP contribution in [-0.4, -0.2) is 96.3 Å². The van der Waals surface area contributed by atoms with Crippen molar-refractivity contribution in [2.24, 2.45) is 41.4 Å². The van der Waals surface area contributed by atoms with Crippen LogP contribution in [-0.2, 0) is 37.4 Å². The van der Waals surface area contributed by atoms with Gasteiger partial charge in [0.05, 0.1) is 32.2 Å². The summed E-state index contributed by atoms with van der Waals surface area (Å²) in [5.41, 5.74) is 1.92. The number of aliphatic hydroxyl groups excluding tert-OH is 2. The van der Waals surface area contributed by atoms with Crippen LogP contribution in [0, 0.1) is 48.3 Å². The first-order valence-electron chi connectivity index (χ1n) is 23.7. The first-order valence-corrected chi connectivity index (χ1v) is 29.5. The van der Waals surface area contributed by atoms with Gasteiger partial charge in [-0.15, -0.1) is 0 Å². The number of ether oxygens (including phenoxy) is 4. The van der Waals surface area contributed by atoms with Gasteiger partial charge in [-0.1, -0.05) is 73.6 Å². The van der Waals surface area contributed by atoms with E-state index in [0.29, 0.717) is 59.7 Å². The van der Waals surface area contributed by atoms with Crippen LogP contribution in [0.3, 0.4) is 0 Å². The molecule has 12 atom stereocenters. The monoisotopic (exact) mass is 970 g/mol. The summed E-state index contributed by atoms with van der Waals surface area (Å²) in [5, 5.41) is 18.9. The average molecular weight is 971 g/mol. The molecule has 67 heavy (non-hydrogen) atoms. The summed E-state index contributed by atoms with van der Waals surface area (Å²) < 4.78 is 38.7. The number of carbonyl (C=O) groups excluding carboxylic acids is 4. The zero-order valence-corrected chi connectivity index (χ0v) is 44.3. The molecule has 2 aromatic rings. The number of aryl methyl sites for hydroxylation is 1. The fourth-order valence-corrected chi connectivity index (χ4v) is 11.7. The van der Waals surface area contributed by atoms with Gasteiger partial charge in [0, 0.05) is 55.5 Å². The minimum Gasteiger partial charge on any atom is -0.498 e. The lowest BCUT2D eigenvalue weighted by Gasteiger charge is -2.38. The highest BCUT2D eigenvalue weighted by Crippen LogP contribution is 2.54. The van der Waals surface area contributed by atoms with Gasteiger partial charge in [-0.3, -0.25) is 4.79 Å². The van der Waals surface area contributed by atoms with E-state index in [9.17, 15) is 19.5 Å². The minimum atomic E-state index is -1.69. The van der Waals surface area contributed by atoms with Crippen LogP contribution in [0.15, 0.2) is 58.1 Å². The molecule has 0 radical (unpaired) electrons. The van der Waals surface area contributed by atoms with Crippen LogP contribution >= 0.6 is 0 Å². The standard InChI is InChI=1S/C20H32O2Si.C15H28O2Si.C8H12O4.C7H6O4.CO2/c1-13-9-8-10-15-18-16(12-21-23(6,7)20(3,4)5)14(2)11-17(18)22-19(13)15;1-11-9-14-12(7-8-16-14)13(11)10-17-18(5,6)15(2,3)4;9-3-5-4-1-8(11)12-7(4)2-6(5)10;1-10-6(8)5-3-2-4-11-7(5)9;2-1-3/h8-10,14,16-18H,11-12H2,1-7H3;7-8,11-14H,9-10H2,1-6H3;4-7,9-10H,1-3H2;2-4H,1H3;/t14-,16+,17+,18-;11-,12-,13+,14+;4-,5-,6-,7+;;/m111../s1. The van der Waals surface area contributed by atoms with Gasteiger partial charge in [0.2, 0.25) is 0 Å². The van der Waals surface area contributed by atoms with Gasteiger partial charge in [-0.25, -0.2) is 9.59 Å². The minimum absolute atomic E-state index is 0.0394. The molecule has 0 amide bonds. The predicted molar refractivity (Wildman–Crippen MR) is 257 cm³/mol. The summed E-state index contributed by atoms with van der Waals surface area (Å²) in [6, 6.07) is 9.40. The van der Waals surface area contributed by atoms with Gasteiger partial charge in [-0.2, -0.15) is 9.59 Å². The predicted octanol–water partition coefficient (Wildman–Crippen LogP) is 8.84. The van der Waals surface area contributed by atoms with Crippen molar-refractivity contribution in [3.63, 3.8) is 0 Å². The lowest BCUT2D eigenvalue weighted by Crippen LogP contribution is -2.42. The summed E-state index contributed by atoms with van der Waals surface area (Å²) in [7, 11) is -2.10. The fourth-order valence-electron chi connectivity index (χ4n) is 9.57. The zero-order valence-electron chi connectivity index (χ0n) is 42.3. The van der Waals surface area contributed by atoms with E-state index in [1.807, 2.05) is 6.26 Å². The Kier molecular flexibility index (Phi) is 19.2. The number of hydrogen-bond acceptors (Lipinski definition) is 14. The smallest absolute Gasteiger partial charge is 0.373 e. The van der Waals surface area contributed by atoms with Crippen LogP contribution in [0.5, 0.6) is 5.75 Å². The van der Waals surface area contributed by atoms with E-state index in [1.54, 1.807) is 0 Å². The van der Waals surface area contributed by atoms with Crippen LogP contribution in [0.2, 0.25) is 36.3 Å². The first-order chi connectivity index (χ1) is 31.2. The maximum atomic E-state index is 10.8. The average Bonchev–Trinajstić information content (AvgIpc) is 4.08. The number of para-hydroxylation sites is 1. The highest BCUT2D eigenvalue weighted by atomic mass is 28.4. The lowest BCUT2D eigenvalue weighted by molar-refractivity contribution is -0.191. The van der Waals surface area contributed by atoms with Crippen LogP contribution < -0.4 is 10.4 Å². The molecular formula is C51H78O14Si2. The van der Waals surface area contributed by atoms with Gasteiger partial charge in [0.15, 0.2) is 16.6 Å². The summed E-state index contributed by atoms with van der Waals surface area (Å²) in [5.74, 6) is 3.85. The van der Waals surface area contributed by atoms with E-state index in [-0.39, 0.29) is 47.3 Å². The van der Waals surface area contributed by atoms with E-state index in [2.05, 4.69) is 122 Å². The topological polar surface area (TPSA) is 194 Å². The molecule has 4 fully saturated rings. The molecule has 3 aliphatic heterocycles. The quantitative estimate of drug-likeness (QED) is 0.188. The van der Waals surface area contributed by atoms with Crippen molar-refractivity contribution in [2.45, 2.75) is 155 Å². The van der Waals surface area contributed by atoms with Crippen LogP contribution in [0.4, 0.5) is 0 Å². The second kappa shape index (κ2) is 23.1. The molecule has 1 saturated heterocycles. The molecule has 4 heterocycles. The number of methoxy groups -OCH3 is 1. The van der Waals surface area contributed by atoms with Crippen molar-refractivity contribution in [1.29, 1.82) is 0 Å². The number of benzene rings is 1. The van der Waals surface area contributed by atoms with Gasteiger partial charge < -0.3 is 42.4 Å². The summed E-state index contributed by atoms with van der Waals surface area (Å²) in [4.78, 5) is 48.6. The third-order valence-corrected chi connectivity index (χ3v) is 24.8. The third-order valence-electron chi connectivity index (χ3n) is 15.8. The van der Waals surface area contributed by atoms with Gasteiger partial charge in [-0.05, 0) is 103 Å². The number of carbonyl (C=O) groups is 2. The molecule has 374 valence electrons. The summed E-state index contributed by atoms with van der Waals surface area (Å²) >= 11 is 0. The SMILES string of the molecule is COC(=O)c1cccoc1=O.C[C@@H]1C[C@@H]2OC=C[C@@H]2[C@H]1CO[Si](C)(C)C(C)(C)C.Cc1cccc2c1O[C@H]1C[C@@H](C)[C@H](CO[Si](C)(C)C(C)(C)C)[C@@H]21.O=C1C[C@@H]2[C@@H](CO)[C@H](O)C[C@@H]2O1.O=C=O.